The second-order valence-electron chi connectivity index (χ2n) is 13.2. The fraction of sp³-hybridized carbons (Fsp3) is 0.389. The first-order valence-electron chi connectivity index (χ1n) is 16.7. The normalized spacial score (nSPS) is 34.6. The van der Waals surface area contributed by atoms with E-state index in [1.165, 1.54) is 37.3 Å². The molecule has 18 heteroatoms. The zero-order valence-corrected chi connectivity index (χ0v) is 28.1. The molecule has 3 aromatic carbocycles. The van der Waals surface area contributed by atoms with Crippen LogP contribution in [-0.2, 0) is 28.5 Å². The predicted molar refractivity (Wildman–Crippen MR) is 177 cm³/mol. The lowest BCUT2D eigenvalue weighted by Gasteiger charge is -2.46. The van der Waals surface area contributed by atoms with E-state index in [1.54, 1.807) is 0 Å². The average molecular weight is 757 g/mol. The molecule has 3 aromatic rings. The van der Waals surface area contributed by atoms with Gasteiger partial charge in [0.15, 0.2) is 36.3 Å². The molecular weight excluding hydrogens is 720 g/mol. The van der Waals surface area contributed by atoms with Crippen LogP contribution in [0.15, 0.2) is 48.5 Å². The van der Waals surface area contributed by atoms with Gasteiger partial charge in [-0.3, -0.25) is 4.79 Å². The molecule has 10 N–H and O–H groups in total. The molecule has 2 saturated heterocycles. The van der Waals surface area contributed by atoms with E-state index in [9.17, 15) is 60.7 Å². The highest BCUT2D eigenvalue weighted by Gasteiger charge is 2.53. The molecule has 12 atom stereocenters. The summed E-state index contributed by atoms with van der Waals surface area (Å²) >= 11 is 0. The SMILES string of the molecule is C[C@@H]1O[C@H]2OC3C(=O)c4c(cc(O)c(c4O)-c4cc(ccc4O)/C=C\C(=O)OC[C@H]4O[C@@H](O[C@H]([C@H]1O)[C@H]2O)[C@H](O)[C@@H](O)[C@@H]4O)OC3c1ccc(O)c(O)c1. The van der Waals surface area contributed by atoms with E-state index < -0.39 is 132 Å². The topological polar surface area (TPSA) is 292 Å². The number of aliphatic hydroxyl groups is 5. The maximum atomic E-state index is 14.5. The molecule has 9 bridgehead atoms. The van der Waals surface area contributed by atoms with Crippen molar-refractivity contribution < 1.29 is 89.1 Å². The third-order valence-electron chi connectivity index (χ3n) is 9.72. The van der Waals surface area contributed by atoms with Crippen molar-refractivity contribution in [3.63, 3.8) is 0 Å². The van der Waals surface area contributed by atoms with Gasteiger partial charge in [-0.25, -0.2) is 4.79 Å². The second-order valence-corrected chi connectivity index (χ2v) is 13.2. The summed E-state index contributed by atoms with van der Waals surface area (Å²) in [6.07, 6.45) is -18.5. The average Bonchev–Trinajstić information content (AvgIpc) is 3.13. The summed E-state index contributed by atoms with van der Waals surface area (Å²) in [4.78, 5) is 27.1. The molecule has 18 nitrogen and oxygen atoms in total. The van der Waals surface area contributed by atoms with Crippen LogP contribution in [0.4, 0.5) is 0 Å². The van der Waals surface area contributed by atoms with Crippen LogP contribution in [-0.4, -0.2) is 137 Å². The standard InChI is InChI=1S/C36H36O18/c1-12-25(42)33-31(48)36(50-12)54-34-28(45)24-20(51-32(34)14-4-6-17(38)18(39)9-14)10-19(40)23(27(24)44)15-8-13(2-5-16(15)37)3-7-22(41)49-11-21-26(43)29(46)30(47)35(52-21)53-33/h2-10,12,21,25-26,29-40,42-44,46-48H,11H2,1H3/b7-3-/t12-,21+,25-,26+,29-,30+,31+,32?,33+,34?,35-,36-/m0/s1. The highest BCUT2D eigenvalue weighted by molar-refractivity contribution is 6.08. The summed E-state index contributed by atoms with van der Waals surface area (Å²) in [7, 11) is 0. The number of rotatable bonds is 1. The summed E-state index contributed by atoms with van der Waals surface area (Å²) in [5.74, 6) is -5.40. The highest BCUT2D eigenvalue weighted by atomic mass is 16.7. The molecular formula is C36H36O18. The minimum Gasteiger partial charge on any atom is -0.507 e. The van der Waals surface area contributed by atoms with Crippen LogP contribution in [0.25, 0.3) is 17.2 Å². The quantitative estimate of drug-likeness (QED) is 0.114. The highest BCUT2D eigenvalue weighted by Crippen LogP contribution is 2.51. The number of hydrogen-bond acceptors (Lipinski definition) is 18. The first-order chi connectivity index (χ1) is 25.6. The molecule has 0 radical (unpaired) electrons. The number of ether oxygens (including phenoxy) is 6. The van der Waals surface area contributed by atoms with E-state index in [1.807, 2.05) is 0 Å². The first-order valence-corrected chi connectivity index (χ1v) is 16.7. The van der Waals surface area contributed by atoms with Crippen molar-refractivity contribution in [2.24, 2.45) is 0 Å². The Labute approximate surface area is 304 Å². The maximum Gasteiger partial charge on any atom is 0.330 e. The summed E-state index contributed by atoms with van der Waals surface area (Å²) in [6, 6.07) is 8.31. The monoisotopic (exact) mass is 756 g/mol. The Morgan fingerprint density at radius 2 is 1.35 bits per heavy atom. The van der Waals surface area contributed by atoms with Crippen molar-refractivity contribution in [3.8, 4) is 45.6 Å². The maximum absolute atomic E-state index is 14.5. The number of cyclic esters (lactones) is 1. The molecule has 0 amide bonds. The van der Waals surface area contributed by atoms with Gasteiger partial charge >= 0.3 is 5.97 Å². The van der Waals surface area contributed by atoms with E-state index in [-0.39, 0.29) is 22.4 Å². The fourth-order valence-electron chi connectivity index (χ4n) is 6.77. The Balaban J connectivity index is 1.37. The van der Waals surface area contributed by atoms with Crippen molar-refractivity contribution in [3.05, 3.63) is 65.2 Å². The van der Waals surface area contributed by atoms with Gasteiger partial charge in [-0.2, -0.15) is 0 Å². The molecule has 54 heavy (non-hydrogen) atoms. The molecule has 2 fully saturated rings. The number of phenols is 5. The number of carbonyl (C=O) groups excluding carboxylic acids is 2. The van der Waals surface area contributed by atoms with Crippen LogP contribution in [0.3, 0.4) is 0 Å². The van der Waals surface area contributed by atoms with Crippen molar-refractivity contribution in [1.29, 1.82) is 0 Å². The third-order valence-corrected chi connectivity index (χ3v) is 9.72. The number of carbonyl (C=O) groups is 2. The number of esters is 1. The molecule has 0 aliphatic carbocycles. The first kappa shape index (κ1) is 37.3. The van der Waals surface area contributed by atoms with Gasteiger partial charge < -0.3 is 79.5 Å². The lowest BCUT2D eigenvalue weighted by molar-refractivity contribution is -0.360. The molecule has 0 spiro atoms. The van der Waals surface area contributed by atoms with Crippen molar-refractivity contribution in [2.75, 3.05) is 6.61 Å². The van der Waals surface area contributed by atoms with Gasteiger partial charge in [0.1, 0.15) is 77.9 Å². The van der Waals surface area contributed by atoms with Gasteiger partial charge in [0.25, 0.3) is 0 Å². The Kier molecular flexibility index (Phi) is 9.90. The Bertz CT molecular complexity index is 1980. The van der Waals surface area contributed by atoms with Crippen LogP contribution >= 0.6 is 0 Å². The molecule has 4 aliphatic heterocycles. The summed E-state index contributed by atoms with van der Waals surface area (Å²) < 4.78 is 34.5. The Morgan fingerprint density at radius 3 is 2.09 bits per heavy atom. The number of fused-ring (bicyclic) bond motifs is 9. The van der Waals surface area contributed by atoms with Crippen LogP contribution < -0.4 is 4.74 Å². The molecule has 0 saturated carbocycles. The number of phenolic OH excluding ortho intramolecular Hbond substituents is 5. The van der Waals surface area contributed by atoms with Crippen LogP contribution in [0.1, 0.15) is 34.5 Å². The fourth-order valence-corrected chi connectivity index (χ4v) is 6.77. The van der Waals surface area contributed by atoms with Crippen molar-refractivity contribution in [2.45, 2.75) is 80.5 Å². The molecule has 0 aromatic heterocycles. The van der Waals surface area contributed by atoms with E-state index in [0.717, 1.165) is 24.3 Å². The minimum absolute atomic E-state index is 0.0419. The van der Waals surface area contributed by atoms with Crippen LogP contribution in [0, 0.1) is 0 Å². The van der Waals surface area contributed by atoms with Crippen molar-refractivity contribution in [1.82, 2.24) is 0 Å². The van der Waals surface area contributed by atoms with Crippen LogP contribution in [0.5, 0.6) is 34.5 Å². The minimum atomic E-state index is -1.99. The Hall–Kier alpha value is -5.02. The number of ketones is 1. The zero-order valence-electron chi connectivity index (χ0n) is 28.1. The number of hydrogen-bond donors (Lipinski definition) is 10. The van der Waals surface area contributed by atoms with Gasteiger partial charge in [0.05, 0.1) is 11.7 Å². The Morgan fingerprint density at radius 1 is 0.630 bits per heavy atom. The summed E-state index contributed by atoms with van der Waals surface area (Å²) in [5.41, 5.74) is -0.854. The number of benzene rings is 3. The lowest BCUT2D eigenvalue weighted by atomic mass is 9.89. The van der Waals surface area contributed by atoms with Crippen molar-refractivity contribution >= 4 is 17.8 Å². The molecule has 4 heterocycles. The molecule has 2 unspecified atom stereocenters. The predicted octanol–water partition coefficient (Wildman–Crippen LogP) is -0.187. The summed E-state index contributed by atoms with van der Waals surface area (Å²) in [6.45, 7) is 0.702. The van der Waals surface area contributed by atoms with Gasteiger partial charge in [-0.05, 0) is 48.4 Å². The van der Waals surface area contributed by atoms with E-state index in [0.29, 0.717) is 0 Å². The summed E-state index contributed by atoms with van der Waals surface area (Å²) in [5, 5.41) is 108. The number of aromatic hydroxyl groups is 5. The third kappa shape index (κ3) is 6.57. The van der Waals surface area contributed by atoms with E-state index in [2.05, 4.69) is 0 Å². The number of Topliss-reactive ketones (excluding diaryl/α,β-unsaturated/α-hetero) is 1. The van der Waals surface area contributed by atoms with Gasteiger partial charge in [0.2, 0.25) is 5.78 Å². The largest absolute Gasteiger partial charge is 0.507 e. The molecule has 288 valence electrons. The lowest BCUT2D eigenvalue weighted by Crippen LogP contribution is -2.64. The second kappa shape index (κ2) is 14.3. The van der Waals surface area contributed by atoms with Gasteiger partial charge in [-0.15, -0.1) is 0 Å². The van der Waals surface area contributed by atoms with Crippen LogP contribution in [0.2, 0.25) is 0 Å². The molecule has 7 rings (SSSR count). The van der Waals surface area contributed by atoms with E-state index in [4.69, 9.17) is 28.4 Å². The smallest absolute Gasteiger partial charge is 0.330 e. The molecule has 4 aliphatic rings. The number of aliphatic hydroxyl groups excluding tert-OH is 5. The van der Waals surface area contributed by atoms with Gasteiger partial charge in [0, 0.05) is 17.7 Å². The van der Waals surface area contributed by atoms with E-state index >= 15 is 0 Å². The van der Waals surface area contributed by atoms with Gasteiger partial charge in [-0.1, -0.05) is 12.1 Å². The zero-order chi connectivity index (χ0) is 38.7.